The number of carbonyl (C=O) groups is 1. The number of nitrogens with one attached hydrogen (secondary N) is 1. The van der Waals surface area contributed by atoms with Gasteiger partial charge in [-0.15, -0.1) is 0 Å². The SMILES string of the molecule is CCCOCCC(CNC(C)=O)CC(O)C[C@@H](CO)C(CO)COC. The first-order valence-electron chi connectivity index (χ1n) is 9.19. The van der Waals surface area contributed by atoms with Crippen molar-refractivity contribution in [1.29, 1.82) is 0 Å². The second-order valence-corrected chi connectivity index (χ2v) is 6.67. The van der Waals surface area contributed by atoms with Crippen LogP contribution in [0.2, 0.25) is 0 Å². The van der Waals surface area contributed by atoms with Crippen LogP contribution < -0.4 is 5.32 Å². The number of hydrogen-bond acceptors (Lipinski definition) is 6. The minimum absolute atomic E-state index is 0.0913. The van der Waals surface area contributed by atoms with Crippen molar-refractivity contribution in [3.05, 3.63) is 0 Å². The lowest BCUT2D eigenvalue weighted by Crippen LogP contribution is -2.33. The third kappa shape index (κ3) is 12.3. The minimum Gasteiger partial charge on any atom is -0.396 e. The maximum absolute atomic E-state index is 11.2. The van der Waals surface area contributed by atoms with Crippen molar-refractivity contribution >= 4 is 5.91 Å². The quantitative estimate of drug-likeness (QED) is 0.299. The molecule has 4 atom stereocenters. The maximum atomic E-state index is 11.2. The summed E-state index contributed by atoms with van der Waals surface area (Å²) in [5.74, 6) is -0.420. The summed E-state index contributed by atoms with van der Waals surface area (Å²) < 4.78 is 10.6. The zero-order chi connectivity index (χ0) is 19.1. The Hall–Kier alpha value is -0.730. The largest absolute Gasteiger partial charge is 0.396 e. The monoisotopic (exact) mass is 363 g/mol. The first-order valence-corrected chi connectivity index (χ1v) is 9.19. The molecular formula is C18H37NO6. The molecule has 3 unspecified atom stereocenters. The van der Waals surface area contributed by atoms with Gasteiger partial charge in [0.2, 0.25) is 5.91 Å². The van der Waals surface area contributed by atoms with Crippen molar-refractivity contribution in [2.45, 2.75) is 45.6 Å². The van der Waals surface area contributed by atoms with Crippen LogP contribution in [0.25, 0.3) is 0 Å². The van der Waals surface area contributed by atoms with Crippen molar-refractivity contribution in [2.24, 2.45) is 17.8 Å². The van der Waals surface area contributed by atoms with Gasteiger partial charge in [0, 0.05) is 52.9 Å². The highest BCUT2D eigenvalue weighted by molar-refractivity contribution is 5.72. The molecule has 25 heavy (non-hydrogen) atoms. The Bertz CT molecular complexity index is 329. The zero-order valence-corrected chi connectivity index (χ0v) is 15.9. The van der Waals surface area contributed by atoms with Crippen molar-refractivity contribution in [3.8, 4) is 0 Å². The maximum Gasteiger partial charge on any atom is 0.216 e. The highest BCUT2D eigenvalue weighted by Crippen LogP contribution is 2.22. The van der Waals surface area contributed by atoms with E-state index in [1.54, 1.807) is 7.11 Å². The molecule has 0 aromatic carbocycles. The van der Waals surface area contributed by atoms with E-state index in [1.807, 2.05) is 6.92 Å². The molecule has 0 heterocycles. The van der Waals surface area contributed by atoms with Gasteiger partial charge >= 0.3 is 0 Å². The average Bonchev–Trinajstić information content (AvgIpc) is 2.59. The third-order valence-electron chi connectivity index (χ3n) is 4.36. The molecule has 7 heteroatoms. The molecular weight excluding hydrogens is 326 g/mol. The molecule has 0 saturated carbocycles. The van der Waals surface area contributed by atoms with E-state index in [1.165, 1.54) is 6.92 Å². The number of aliphatic hydroxyl groups is 3. The van der Waals surface area contributed by atoms with Gasteiger partial charge in [0.15, 0.2) is 0 Å². The number of aliphatic hydroxyl groups excluding tert-OH is 3. The fraction of sp³-hybridized carbons (Fsp3) is 0.944. The number of amides is 1. The van der Waals surface area contributed by atoms with Crippen molar-refractivity contribution in [3.63, 3.8) is 0 Å². The van der Waals surface area contributed by atoms with E-state index in [0.717, 1.165) is 12.8 Å². The van der Waals surface area contributed by atoms with Crippen LogP contribution in [-0.2, 0) is 14.3 Å². The summed E-state index contributed by atoms with van der Waals surface area (Å²) in [7, 11) is 1.55. The molecule has 150 valence electrons. The lowest BCUT2D eigenvalue weighted by atomic mass is 9.86. The van der Waals surface area contributed by atoms with E-state index < -0.39 is 6.10 Å². The van der Waals surface area contributed by atoms with Crippen LogP contribution in [-0.4, -0.2) is 74.0 Å². The molecule has 4 N–H and O–H groups in total. The highest BCUT2D eigenvalue weighted by Gasteiger charge is 2.25. The fourth-order valence-corrected chi connectivity index (χ4v) is 2.89. The van der Waals surface area contributed by atoms with Crippen LogP contribution in [0.3, 0.4) is 0 Å². The summed E-state index contributed by atoms with van der Waals surface area (Å²) in [6.45, 7) is 5.45. The summed E-state index contributed by atoms with van der Waals surface area (Å²) in [6.07, 6.45) is 1.99. The molecule has 0 fully saturated rings. The van der Waals surface area contributed by atoms with E-state index >= 15 is 0 Å². The van der Waals surface area contributed by atoms with Gasteiger partial charge in [-0.1, -0.05) is 6.92 Å². The van der Waals surface area contributed by atoms with E-state index in [-0.39, 0.29) is 36.9 Å². The smallest absolute Gasteiger partial charge is 0.216 e. The highest BCUT2D eigenvalue weighted by atomic mass is 16.5. The molecule has 0 aliphatic heterocycles. The summed E-state index contributed by atoms with van der Waals surface area (Å²) in [5.41, 5.74) is 0. The van der Waals surface area contributed by atoms with Gasteiger partial charge in [0.1, 0.15) is 0 Å². The van der Waals surface area contributed by atoms with Gasteiger partial charge in [0.05, 0.1) is 12.7 Å². The van der Waals surface area contributed by atoms with Gasteiger partial charge in [-0.3, -0.25) is 4.79 Å². The molecule has 0 saturated heterocycles. The van der Waals surface area contributed by atoms with Crippen molar-refractivity contribution in [1.82, 2.24) is 5.32 Å². The predicted octanol–water partition coefficient (Wildman–Crippen LogP) is 0.560. The fourth-order valence-electron chi connectivity index (χ4n) is 2.89. The lowest BCUT2D eigenvalue weighted by molar-refractivity contribution is -0.119. The van der Waals surface area contributed by atoms with Crippen LogP contribution >= 0.6 is 0 Å². The van der Waals surface area contributed by atoms with E-state index in [0.29, 0.717) is 39.2 Å². The second-order valence-electron chi connectivity index (χ2n) is 6.67. The molecule has 0 bridgehead atoms. The van der Waals surface area contributed by atoms with Crippen molar-refractivity contribution < 1.29 is 29.6 Å². The van der Waals surface area contributed by atoms with Crippen LogP contribution in [0.4, 0.5) is 0 Å². The first-order chi connectivity index (χ1) is 12.0. The molecule has 0 aromatic heterocycles. The predicted molar refractivity (Wildman–Crippen MR) is 96.2 cm³/mol. The number of rotatable bonds is 16. The van der Waals surface area contributed by atoms with Crippen LogP contribution in [0, 0.1) is 17.8 Å². The summed E-state index contributed by atoms with van der Waals surface area (Å²) >= 11 is 0. The molecule has 0 aromatic rings. The summed E-state index contributed by atoms with van der Waals surface area (Å²) in [4.78, 5) is 11.2. The normalized spacial score (nSPS) is 16.2. The van der Waals surface area contributed by atoms with Gasteiger partial charge in [-0.25, -0.2) is 0 Å². The molecule has 0 aliphatic carbocycles. The van der Waals surface area contributed by atoms with Gasteiger partial charge in [-0.2, -0.15) is 0 Å². The number of ether oxygens (including phenoxy) is 2. The summed E-state index contributed by atoms with van der Waals surface area (Å²) in [5, 5.41) is 32.2. The van der Waals surface area contributed by atoms with Crippen LogP contribution in [0.15, 0.2) is 0 Å². The van der Waals surface area contributed by atoms with Gasteiger partial charge < -0.3 is 30.1 Å². The van der Waals surface area contributed by atoms with Crippen LogP contribution in [0.1, 0.15) is 39.5 Å². The molecule has 0 spiro atoms. The molecule has 0 radical (unpaired) electrons. The Kier molecular flexibility index (Phi) is 15.1. The zero-order valence-electron chi connectivity index (χ0n) is 15.9. The standard InChI is InChI=1S/C18H37NO6/c1-4-6-25-7-5-15(10-19-14(2)22)8-18(23)9-16(11-20)17(12-21)13-24-3/h15-18,20-21,23H,4-13H2,1-3H3,(H,19,22)/t15?,16-,17?,18?/m0/s1. The Morgan fingerprint density at radius 1 is 1.12 bits per heavy atom. The Labute approximate surface area is 151 Å². The molecule has 0 rings (SSSR count). The average molecular weight is 363 g/mol. The van der Waals surface area contributed by atoms with Crippen LogP contribution in [0.5, 0.6) is 0 Å². The van der Waals surface area contributed by atoms with E-state index in [2.05, 4.69) is 5.32 Å². The number of carbonyl (C=O) groups excluding carboxylic acids is 1. The minimum atomic E-state index is -0.618. The third-order valence-corrected chi connectivity index (χ3v) is 4.36. The number of hydrogen-bond donors (Lipinski definition) is 4. The first kappa shape index (κ1) is 24.3. The van der Waals surface area contributed by atoms with Crippen molar-refractivity contribution in [2.75, 3.05) is 46.7 Å². The molecule has 7 nitrogen and oxygen atoms in total. The Morgan fingerprint density at radius 3 is 2.32 bits per heavy atom. The summed E-state index contributed by atoms with van der Waals surface area (Å²) in [6, 6.07) is 0. The Balaban J connectivity index is 4.52. The Morgan fingerprint density at radius 2 is 1.80 bits per heavy atom. The molecule has 0 aliphatic rings. The molecule has 1 amide bonds. The van der Waals surface area contributed by atoms with E-state index in [4.69, 9.17) is 9.47 Å². The number of methoxy groups -OCH3 is 1. The lowest BCUT2D eigenvalue weighted by Gasteiger charge is -2.27. The van der Waals surface area contributed by atoms with Gasteiger partial charge in [0.25, 0.3) is 0 Å². The second kappa shape index (κ2) is 15.5. The van der Waals surface area contributed by atoms with Gasteiger partial charge in [-0.05, 0) is 37.5 Å². The van der Waals surface area contributed by atoms with E-state index in [9.17, 15) is 20.1 Å². The topological polar surface area (TPSA) is 108 Å².